The van der Waals surface area contributed by atoms with Crippen molar-refractivity contribution in [3.05, 3.63) is 34.1 Å². The van der Waals surface area contributed by atoms with Gasteiger partial charge in [-0.1, -0.05) is 6.07 Å². The van der Waals surface area contributed by atoms with Gasteiger partial charge in [0.1, 0.15) is 5.82 Å². The average molecular weight is 301 g/mol. The predicted molar refractivity (Wildman–Crippen MR) is 71.6 cm³/mol. The van der Waals surface area contributed by atoms with Gasteiger partial charge in [-0.15, -0.1) is 0 Å². The van der Waals surface area contributed by atoms with Gasteiger partial charge in [-0.3, -0.25) is 4.90 Å². The Hall–Kier alpha value is -0.450. The van der Waals surface area contributed by atoms with E-state index in [4.69, 9.17) is 0 Å². The summed E-state index contributed by atoms with van der Waals surface area (Å²) in [6, 6.07) is 5.64. The van der Waals surface area contributed by atoms with Gasteiger partial charge in [0, 0.05) is 19.1 Å². The van der Waals surface area contributed by atoms with Crippen LogP contribution in [0, 0.1) is 5.82 Å². The summed E-state index contributed by atoms with van der Waals surface area (Å²) in [4.78, 5) is 2.44. The van der Waals surface area contributed by atoms with Crippen LogP contribution in [0.5, 0.6) is 0 Å². The molecule has 1 aromatic rings. The number of hydrogen-bond donors (Lipinski definition) is 1. The van der Waals surface area contributed by atoms with E-state index in [2.05, 4.69) is 33.1 Å². The fourth-order valence-corrected chi connectivity index (χ4v) is 2.63. The average Bonchev–Trinajstić information content (AvgIpc) is 2.60. The lowest BCUT2D eigenvalue weighted by molar-refractivity contribution is 0.225. The Kier molecular flexibility index (Phi) is 4.54. The maximum Gasteiger partial charge on any atom is 0.137 e. The van der Waals surface area contributed by atoms with E-state index in [9.17, 15) is 4.39 Å². The zero-order valence-electron chi connectivity index (χ0n) is 10.0. The van der Waals surface area contributed by atoms with Gasteiger partial charge >= 0.3 is 0 Å². The molecule has 0 spiro atoms. The molecule has 0 radical (unpaired) electrons. The highest BCUT2D eigenvalue weighted by atomic mass is 79.9. The Morgan fingerprint density at radius 2 is 2.18 bits per heavy atom. The van der Waals surface area contributed by atoms with E-state index in [1.165, 1.54) is 18.1 Å². The molecule has 1 aliphatic heterocycles. The maximum atomic E-state index is 13.2. The van der Waals surface area contributed by atoms with Crippen molar-refractivity contribution in [2.45, 2.75) is 19.4 Å². The summed E-state index contributed by atoms with van der Waals surface area (Å²) in [5, 5.41) is 3.39. The van der Waals surface area contributed by atoms with Crippen LogP contribution in [0.25, 0.3) is 0 Å². The van der Waals surface area contributed by atoms with E-state index < -0.39 is 0 Å². The first kappa shape index (κ1) is 13.0. The van der Waals surface area contributed by atoms with Gasteiger partial charge in [0.2, 0.25) is 0 Å². The molecule has 2 rings (SSSR count). The Labute approximate surface area is 110 Å². The second-order valence-electron chi connectivity index (χ2n) is 4.49. The second kappa shape index (κ2) is 5.94. The fourth-order valence-electron chi connectivity index (χ4n) is 2.24. The van der Waals surface area contributed by atoms with E-state index in [1.807, 2.05) is 12.1 Å². The molecule has 17 heavy (non-hydrogen) atoms. The molecule has 1 fully saturated rings. The smallest absolute Gasteiger partial charge is 0.137 e. The van der Waals surface area contributed by atoms with Crippen molar-refractivity contribution in [2.75, 3.05) is 26.2 Å². The van der Waals surface area contributed by atoms with E-state index in [-0.39, 0.29) is 5.82 Å². The molecular weight excluding hydrogens is 283 g/mol. The Bertz CT molecular complexity index is 376. The minimum absolute atomic E-state index is 0.196. The first-order valence-electron chi connectivity index (χ1n) is 6.08. The summed E-state index contributed by atoms with van der Waals surface area (Å²) < 4.78 is 13.7. The standard InChI is InChI=1S/C13H18BrFN2/c1-10(17-7-2-5-16-6-8-17)11-3-4-13(15)12(14)9-11/h3-4,9-10,16H,2,5-8H2,1H3. The van der Waals surface area contributed by atoms with Crippen molar-refractivity contribution < 1.29 is 4.39 Å². The number of nitrogens with zero attached hydrogens (tertiary/aromatic N) is 1. The van der Waals surface area contributed by atoms with Crippen LogP contribution in [0.4, 0.5) is 4.39 Å². The number of halogens is 2. The van der Waals surface area contributed by atoms with Gasteiger partial charge in [0.15, 0.2) is 0 Å². The molecule has 1 aromatic carbocycles. The molecule has 0 bridgehead atoms. The molecule has 1 saturated heterocycles. The normalized spacial score (nSPS) is 19.9. The summed E-state index contributed by atoms with van der Waals surface area (Å²) in [6.07, 6.45) is 1.17. The topological polar surface area (TPSA) is 15.3 Å². The highest BCUT2D eigenvalue weighted by Crippen LogP contribution is 2.25. The molecule has 1 atom stereocenters. The Morgan fingerprint density at radius 1 is 1.35 bits per heavy atom. The van der Waals surface area contributed by atoms with Crippen LogP contribution in [-0.4, -0.2) is 31.1 Å². The molecule has 0 aliphatic carbocycles. The molecule has 1 unspecified atom stereocenters. The van der Waals surface area contributed by atoms with E-state index >= 15 is 0 Å². The van der Waals surface area contributed by atoms with Crippen molar-refractivity contribution in [2.24, 2.45) is 0 Å². The number of hydrogen-bond acceptors (Lipinski definition) is 2. The summed E-state index contributed by atoms with van der Waals surface area (Å²) in [6.45, 7) is 6.47. The van der Waals surface area contributed by atoms with Crippen LogP contribution in [0.15, 0.2) is 22.7 Å². The molecule has 2 nitrogen and oxygen atoms in total. The SMILES string of the molecule is CC(c1ccc(F)c(Br)c1)N1CCCNCC1. The number of rotatable bonds is 2. The summed E-state index contributed by atoms with van der Waals surface area (Å²) >= 11 is 3.25. The lowest BCUT2D eigenvalue weighted by Gasteiger charge is -2.27. The zero-order chi connectivity index (χ0) is 12.3. The van der Waals surface area contributed by atoms with E-state index in [1.54, 1.807) is 0 Å². The van der Waals surface area contributed by atoms with E-state index in [0.717, 1.165) is 26.2 Å². The van der Waals surface area contributed by atoms with Crippen molar-refractivity contribution in [1.82, 2.24) is 10.2 Å². The third kappa shape index (κ3) is 3.27. The minimum atomic E-state index is -0.196. The van der Waals surface area contributed by atoms with Crippen LogP contribution < -0.4 is 5.32 Å². The second-order valence-corrected chi connectivity index (χ2v) is 5.34. The summed E-state index contributed by atoms with van der Waals surface area (Å²) in [7, 11) is 0. The molecule has 0 saturated carbocycles. The maximum absolute atomic E-state index is 13.2. The Balaban J connectivity index is 2.11. The van der Waals surface area contributed by atoms with Crippen LogP contribution in [0.3, 0.4) is 0 Å². The monoisotopic (exact) mass is 300 g/mol. The third-order valence-electron chi connectivity index (χ3n) is 3.35. The quantitative estimate of drug-likeness (QED) is 0.903. The Morgan fingerprint density at radius 3 is 2.94 bits per heavy atom. The molecule has 1 heterocycles. The summed E-state index contributed by atoms with van der Waals surface area (Å²) in [5.74, 6) is -0.196. The first-order chi connectivity index (χ1) is 8.18. The lowest BCUT2D eigenvalue weighted by Crippen LogP contribution is -2.30. The number of nitrogens with one attached hydrogen (secondary N) is 1. The zero-order valence-corrected chi connectivity index (χ0v) is 11.6. The lowest BCUT2D eigenvalue weighted by atomic mass is 10.1. The molecule has 1 aliphatic rings. The molecular formula is C13H18BrFN2. The van der Waals surface area contributed by atoms with Gasteiger partial charge in [-0.2, -0.15) is 0 Å². The third-order valence-corrected chi connectivity index (χ3v) is 3.96. The minimum Gasteiger partial charge on any atom is -0.315 e. The van der Waals surface area contributed by atoms with Crippen LogP contribution in [-0.2, 0) is 0 Å². The largest absolute Gasteiger partial charge is 0.315 e. The molecule has 1 N–H and O–H groups in total. The fraction of sp³-hybridized carbons (Fsp3) is 0.538. The van der Waals surface area contributed by atoms with E-state index in [0.29, 0.717) is 10.5 Å². The highest BCUT2D eigenvalue weighted by molar-refractivity contribution is 9.10. The van der Waals surface area contributed by atoms with Crippen LogP contribution in [0.2, 0.25) is 0 Å². The van der Waals surface area contributed by atoms with Crippen LogP contribution >= 0.6 is 15.9 Å². The van der Waals surface area contributed by atoms with Crippen molar-refractivity contribution >= 4 is 15.9 Å². The van der Waals surface area contributed by atoms with Crippen LogP contribution in [0.1, 0.15) is 24.9 Å². The van der Waals surface area contributed by atoms with Crippen molar-refractivity contribution in [3.63, 3.8) is 0 Å². The molecule has 4 heteroatoms. The molecule has 0 amide bonds. The van der Waals surface area contributed by atoms with Gasteiger partial charge in [-0.05, 0) is 60.1 Å². The van der Waals surface area contributed by atoms with Gasteiger partial charge in [-0.25, -0.2) is 4.39 Å². The number of benzene rings is 1. The molecule has 0 aromatic heterocycles. The summed E-state index contributed by atoms with van der Waals surface area (Å²) in [5.41, 5.74) is 1.17. The first-order valence-corrected chi connectivity index (χ1v) is 6.87. The highest BCUT2D eigenvalue weighted by Gasteiger charge is 2.17. The van der Waals surface area contributed by atoms with Gasteiger partial charge < -0.3 is 5.32 Å². The van der Waals surface area contributed by atoms with Crippen molar-refractivity contribution in [3.8, 4) is 0 Å². The van der Waals surface area contributed by atoms with Gasteiger partial charge in [0.25, 0.3) is 0 Å². The molecule has 94 valence electrons. The van der Waals surface area contributed by atoms with Crippen molar-refractivity contribution in [1.29, 1.82) is 0 Å². The predicted octanol–water partition coefficient (Wildman–Crippen LogP) is 2.94. The van der Waals surface area contributed by atoms with Gasteiger partial charge in [0.05, 0.1) is 4.47 Å².